The molecule has 0 aromatic carbocycles. The van der Waals surface area contributed by atoms with Crippen LogP contribution in [0, 0.1) is 0 Å². The molecule has 0 unspecified atom stereocenters. The van der Waals surface area contributed by atoms with Gasteiger partial charge in [0.1, 0.15) is 0 Å². The average Bonchev–Trinajstić information content (AvgIpc) is 2.02. The molecule has 0 bridgehead atoms. The predicted molar refractivity (Wildman–Crippen MR) is 52.6 cm³/mol. The first-order valence-electron chi connectivity index (χ1n) is 4.56. The van der Waals surface area contributed by atoms with E-state index >= 15 is 0 Å². The summed E-state index contributed by atoms with van der Waals surface area (Å²) in [6.45, 7) is 2.10. The SMILES string of the molecule is CCOC(=O)CCCCCS(=O)(=O)O.[H-].[Na+]. The summed E-state index contributed by atoms with van der Waals surface area (Å²) in [5.41, 5.74) is 0. The number of rotatable bonds is 7. The van der Waals surface area contributed by atoms with Crippen LogP contribution >= 0.6 is 0 Å². The van der Waals surface area contributed by atoms with Gasteiger partial charge in [-0.05, 0) is 19.8 Å². The molecule has 0 saturated carbocycles. The molecule has 0 rings (SSSR count). The number of carbonyl (C=O) groups is 1. The number of ether oxygens (including phenoxy) is 1. The second-order valence-electron chi connectivity index (χ2n) is 2.90. The minimum absolute atomic E-state index is 0. The Morgan fingerprint density at radius 2 is 1.93 bits per heavy atom. The fourth-order valence-corrected chi connectivity index (χ4v) is 1.53. The van der Waals surface area contributed by atoms with Gasteiger partial charge in [-0.1, -0.05) is 6.42 Å². The molecule has 0 atom stereocenters. The van der Waals surface area contributed by atoms with Gasteiger partial charge in [0.25, 0.3) is 10.1 Å². The molecular weight excluding hydrogens is 231 g/mol. The number of hydrogen-bond acceptors (Lipinski definition) is 4. The fraction of sp³-hybridized carbons (Fsp3) is 0.875. The summed E-state index contributed by atoms with van der Waals surface area (Å²) in [5, 5.41) is 0. The Hall–Kier alpha value is 0.380. The van der Waals surface area contributed by atoms with Crippen LogP contribution in [-0.4, -0.2) is 31.3 Å². The Bertz CT molecular complexity index is 268. The topological polar surface area (TPSA) is 80.7 Å². The molecule has 0 radical (unpaired) electrons. The Kier molecular flexibility index (Phi) is 11.4. The fourth-order valence-electron chi connectivity index (χ4n) is 0.964. The molecule has 15 heavy (non-hydrogen) atoms. The summed E-state index contributed by atoms with van der Waals surface area (Å²) in [4.78, 5) is 10.8. The first-order valence-corrected chi connectivity index (χ1v) is 6.17. The molecule has 0 aromatic rings. The van der Waals surface area contributed by atoms with Crippen molar-refractivity contribution in [3.05, 3.63) is 0 Å². The quantitative estimate of drug-likeness (QED) is 0.247. The molecule has 0 fully saturated rings. The van der Waals surface area contributed by atoms with Crippen molar-refractivity contribution < 1.29 is 53.5 Å². The van der Waals surface area contributed by atoms with Crippen molar-refractivity contribution in [3.63, 3.8) is 0 Å². The van der Waals surface area contributed by atoms with Crippen molar-refractivity contribution in [2.75, 3.05) is 12.4 Å². The van der Waals surface area contributed by atoms with Crippen LogP contribution in [0.25, 0.3) is 0 Å². The van der Waals surface area contributed by atoms with Gasteiger partial charge in [-0.2, -0.15) is 8.42 Å². The number of hydrogen-bond donors (Lipinski definition) is 1. The standard InChI is InChI=1S/C8H16O5S.Na.H/c1-2-13-8(9)6-4-3-5-7-14(10,11)12;;/h2-7H2,1H3,(H,10,11,12);;/q;+1;-1. The van der Waals surface area contributed by atoms with Gasteiger partial charge in [0, 0.05) is 6.42 Å². The normalized spacial score (nSPS) is 10.5. The molecule has 7 heteroatoms. The Morgan fingerprint density at radius 3 is 2.40 bits per heavy atom. The van der Waals surface area contributed by atoms with E-state index in [9.17, 15) is 13.2 Å². The van der Waals surface area contributed by atoms with Crippen LogP contribution in [0.3, 0.4) is 0 Å². The van der Waals surface area contributed by atoms with Crippen LogP contribution in [0.5, 0.6) is 0 Å². The molecule has 0 amide bonds. The van der Waals surface area contributed by atoms with E-state index in [0.29, 0.717) is 32.3 Å². The molecule has 0 heterocycles. The first kappa shape index (κ1) is 17.8. The summed E-state index contributed by atoms with van der Waals surface area (Å²) < 4.78 is 33.7. The Morgan fingerprint density at radius 1 is 1.33 bits per heavy atom. The summed E-state index contributed by atoms with van der Waals surface area (Å²) in [6, 6.07) is 0. The maximum Gasteiger partial charge on any atom is 1.00 e. The Labute approximate surface area is 114 Å². The van der Waals surface area contributed by atoms with Crippen molar-refractivity contribution in [2.24, 2.45) is 0 Å². The molecule has 0 aliphatic carbocycles. The molecule has 0 saturated heterocycles. The summed E-state index contributed by atoms with van der Waals surface area (Å²) >= 11 is 0. The maximum atomic E-state index is 10.8. The van der Waals surface area contributed by atoms with Crippen molar-refractivity contribution in [3.8, 4) is 0 Å². The van der Waals surface area contributed by atoms with Gasteiger partial charge < -0.3 is 6.16 Å². The number of esters is 1. The van der Waals surface area contributed by atoms with E-state index in [1.165, 1.54) is 0 Å². The van der Waals surface area contributed by atoms with E-state index in [4.69, 9.17) is 4.55 Å². The maximum absolute atomic E-state index is 10.8. The second-order valence-corrected chi connectivity index (χ2v) is 4.47. The third kappa shape index (κ3) is 14.4. The number of carbonyl (C=O) groups excluding carboxylic acids is 1. The zero-order valence-corrected chi connectivity index (χ0v) is 12.0. The summed E-state index contributed by atoms with van der Waals surface area (Å²) in [7, 11) is -3.85. The molecular formula is C8H17NaO5S. The molecule has 86 valence electrons. The van der Waals surface area contributed by atoms with Gasteiger partial charge in [-0.3, -0.25) is 9.35 Å². The summed E-state index contributed by atoms with van der Waals surface area (Å²) in [5.74, 6) is -0.505. The van der Waals surface area contributed by atoms with Crippen molar-refractivity contribution in [1.82, 2.24) is 0 Å². The van der Waals surface area contributed by atoms with Crippen molar-refractivity contribution in [1.29, 1.82) is 0 Å². The van der Waals surface area contributed by atoms with Gasteiger partial charge in [-0.15, -0.1) is 0 Å². The van der Waals surface area contributed by atoms with Crippen LogP contribution in [0.4, 0.5) is 0 Å². The second kappa shape index (κ2) is 9.59. The van der Waals surface area contributed by atoms with Gasteiger partial charge in [0.15, 0.2) is 0 Å². The molecule has 5 nitrogen and oxygen atoms in total. The van der Waals surface area contributed by atoms with Crippen LogP contribution in [0.1, 0.15) is 34.0 Å². The first-order chi connectivity index (χ1) is 6.45. The zero-order valence-electron chi connectivity index (χ0n) is 10.2. The van der Waals surface area contributed by atoms with E-state index in [-0.39, 0.29) is 42.7 Å². The van der Waals surface area contributed by atoms with Gasteiger partial charge in [0.05, 0.1) is 12.4 Å². The van der Waals surface area contributed by atoms with E-state index in [0.717, 1.165) is 0 Å². The predicted octanol–water partition coefficient (Wildman–Crippen LogP) is -1.89. The van der Waals surface area contributed by atoms with Crippen molar-refractivity contribution in [2.45, 2.75) is 32.6 Å². The molecule has 0 aliphatic rings. The van der Waals surface area contributed by atoms with Gasteiger partial charge in [0.2, 0.25) is 0 Å². The van der Waals surface area contributed by atoms with E-state index in [2.05, 4.69) is 4.74 Å². The molecule has 0 spiro atoms. The van der Waals surface area contributed by atoms with Crippen molar-refractivity contribution >= 4 is 16.1 Å². The van der Waals surface area contributed by atoms with Gasteiger partial charge >= 0.3 is 35.5 Å². The van der Waals surface area contributed by atoms with E-state index < -0.39 is 10.1 Å². The van der Waals surface area contributed by atoms with Crippen LogP contribution in [-0.2, 0) is 19.6 Å². The van der Waals surface area contributed by atoms with E-state index in [1.807, 2.05) is 0 Å². The third-order valence-corrected chi connectivity index (χ3v) is 2.39. The smallest absolute Gasteiger partial charge is 1.00 e. The van der Waals surface area contributed by atoms with E-state index in [1.54, 1.807) is 6.92 Å². The molecule has 0 aliphatic heterocycles. The Balaban J connectivity index is -0.000000845. The molecule has 1 N–H and O–H groups in total. The minimum Gasteiger partial charge on any atom is -1.00 e. The van der Waals surface area contributed by atoms with Crippen LogP contribution in [0.2, 0.25) is 0 Å². The van der Waals surface area contributed by atoms with Gasteiger partial charge in [-0.25, -0.2) is 0 Å². The minimum atomic E-state index is -3.85. The molecule has 0 aromatic heterocycles. The third-order valence-electron chi connectivity index (χ3n) is 1.59. The zero-order chi connectivity index (χ0) is 11.0. The van der Waals surface area contributed by atoms with Crippen LogP contribution < -0.4 is 29.6 Å². The number of unbranched alkanes of at least 4 members (excludes halogenated alkanes) is 2. The monoisotopic (exact) mass is 248 g/mol. The summed E-state index contributed by atoms with van der Waals surface area (Å²) in [6.07, 6.45) is 1.87. The largest absolute Gasteiger partial charge is 1.00 e. The average molecular weight is 248 g/mol. The van der Waals surface area contributed by atoms with Crippen LogP contribution in [0.15, 0.2) is 0 Å².